The molecular weight excluding hydrogens is 333 g/mol. The Labute approximate surface area is 152 Å². The maximum atomic E-state index is 12.2. The summed E-state index contributed by atoms with van der Waals surface area (Å²) < 4.78 is 0. The second-order valence-electron chi connectivity index (χ2n) is 6.39. The Hall–Kier alpha value is -0.840. The van der Waals surface area contributed by atoms with Gasteiger partial charge in [-0.2, -0.15) is 0 Å². The van der Waals surface area contributed by atoms with Crippen LogP contribution in [-0.2, 0) is 4.79 Å². The molecule has 1 aliphatic heterocycles. The Kier molecular flexibility index (Phi) is 10.4. The molecule has 0 radical (unpaired) electrons. The molecule has 0 saturated carbocycles. The summed E-state index contributed by atoms with van der Waals surface area (Å²) >= 11 is 0. The highest BCUT2D eigenvalue weighted by molar-refractivity contribution is 5.85. The van der Waals surface area contributed by atoms with E-state index in [1.54, 1.807) is 6.20 Å². The Bertz CT molecular complexity index is 477. The van der Waals surface area contributed by atoms with Crippen LogP contribution in [0.15, 0.2) is 18.3 Å². The molecule has 2 atom stereocenters. The van der Waals surface area contributed by atoms with E-state index < -0.39 is 0 Å². The van der Waals surface area contributed by atoms with Crippen LogP contribution < -0.4 is 10.6 Å². The second-order valence-corrected chi connectivity index (χ2v) is 6.39. The van der Waals surface area contributed by atoms with Crippen LogP contribution in [0.3, 0.4) is 0 Å². The smallest absolute Gasteiger partial charge is 0.220 e. The number of halogens is 2. The number of hydrogen-bond acceptors (Lipinski definition) is 3. The number of amides is 1. The molecule has 1 aliphatic rings. The minimum atomic E-state index is 0. The van der Waals surface area contributed by atoms with Gasteiger partial charge < -0.3 is 10.6 Å². The van der Waals surface area contributed by atoms with Crippen molar-refractivity contribution >= 4 is 30.7 Å². The standard InChI is InChI=1S/C17H27N3O.2ClH/c1-12(2)16(17-13(3)5-4-9-19-17)20-15(21)7-6-14-8-10-18-11-14;;/h4-5,9,12,14,16,18H,6-8,10-11H2,1-3H3,(H,20,21);2*1H. The van der Waals surface area contributed by atoms with Gasteiger partial charge in [0.05, 0.1) is 11.7 Å². The predicted molar refractivity (Wildman–Crippen MR) is 99.4 cm³/mol. The van der Waals surface area contributed by atoms with E-state index in [2.05, 4.69) is 29.5 Å². The molecule has 0 aliphatic carbocycles. The molecule has 2 rings (SSSR count). The van der Waals surface area contributed by atoms with Crippen molar-refractivity contribution in [3.05, 3.63) is 29.6 Å². The summed E-state index contributed by atoms with van der Waals surface area (Å²) in [6, 6.07) is 3.99. The topological polar surface area (TPSA) is 54.0 Å². The fraction of sp³-hybridized carbons (Fsp3) is 0.647. The molecule has 1 fully saturated rings. The highest BCUT2D eigenvalue weighted by Crippen LogP contribution is 2.23. The first-order valence-corrected chi connectivity index (χ1v) is 7.99. The van der Waals surface area contributed by atoms with Gasteiger partial charge in [-0.15, -0.1) is 24.8 Å². The first kappa shape index (κ1) is 22.2. The second kappa shape index (κ2) is 10.8. The van der Waals surface area contributed by atoms with E-state index in [0.29, 0.717) is 18.3 Å². The highest BCUT2D eigenvalue weighted by Gasteiger charge is 2.22. The molecule has 1 saturated heterocycles. The van der Waals surface area contributed by atoms with Gasteiger partial charge in [0, 0.05) is 12.6 Å². The van der Waals surface area contributed by atoms with Crippen molar-refractivity contribution < 1.29 is 4.79 Å². The number of nitrogens with zero attached hydrogens (tertiary/aromatic N) is 1. The number of aryl methyl sites for hydroxylation is 1. The summed E-state index contributed by atoms with van der Waals surface area (Å²) in [4.78, 5) is 16.7. The third-order valence-corrected chi connectivity index (χ3v) is 4.27. The van der Waals surface area contributed by atoms with Gasteiger partial charge in [-0.25, -0.2) is 0 Å². The van der Waals surface area contributed by atoms with Crippen molar-refractivity contribution in [2.45, 2.75) is 46.1 Å². The SMILES string of the molecule is Cc1cccnc1C(NC(=O)CCC1CCNC1)C(C)C.Cl.Cl. The van der Waals surface area contributed by atoms with Gasteiger partial charge in [0.1, 0.15) is 0 Å². The molecule has 2 N–H and O–H groups in total. The van der Waals surface area contributed by atoms with Crippen molar-refractivity contribution in [2.75, 3.05) is 13.1 Å². The zero-order valence-electron chi connectivity index (χ0n) is 14.2. The molecule has 23 heavy (non-hydrogen) atoms. The Morgan fingerprint density at radius 2 is 2.17 bits per heavy atom. The monoisotopic (exact) mass is 361 g/mol. The van der Waals surface area contributed by atoms with Crippen LogP contribution in [0.5, 0.6) is 0 Å². The molecule has 132 valence electrons. The molecule has 1 aromatic heterocycles. The van der Waals surface area contributed by atoms with E-state index >= 15 is 0 Å². The van der Waals surface area contributed by atoms with Gasteiger partial charge >= 0.3 is 0 Å². The average molecular weight is 362 g/mol. The molecule has 2 unspecified atom stereocenters. The lowest BCUT2D eigenvalue weighted by atomic mass is 9.96. The zero-order chi connectivity index (χ0) is 15.2. The number of hydrogen-bond donors (Lipinski definition) is 2. The minimum absolute atomic E-state index is 0. The van der Waals surface area contributed by atoms with Crippen LogP contribution >= 0.6 is 24.8 Å². The summed E-state index contributed by atoms with van der Waals surface area (Å²) in [7, 11) is 0. The Morgan fingerprint density at radius 1 is 1.43 bits per heavy atom. The number of carbonyl (C=O) groups excluding carboxylic acids is 1. The largest absolute Gasteiger partial charge is 0.347 e. The first-order valence-electron chi connectivity index (χ1n) is 7.99. The van der Waals surface area contributed by atoms with E-state index in [1.165, 1.54) is 6.42 Å². The molecule has 0 aromatic carbocycles. The quantitative estimate of drug-likeness (QED) is 0.815. The van der Waals surface area contributed by atoms with Crippen molar-refractivity contribution in [2.24, 2.45) is 11.8 Å². The van der Waals surface area contributed by atoms with E-state index in [0.717, 1.165) is 30.8 Å². The van der Waals surface area contributed by atoms with Gasteiger partial charge in [-0.05, 0) is 56.3 Å². The molecular formula is C17H29Cl2N3O. The molecule has 1 amide bonds. The van der Waals surface area contributed by atoms with Gasteiger partial charge in [0.25, 0.3) is 0 Å². The Morgan fingerprint density at radius 3 is 2.74 bits per heavy atom. The third kappa shape index (κ3) is 6.66. The van der Waals surface area contributed by atoms with Crippen molar-refractivity contribution in [3.8, 4) is 0 Å². The zero-order valence-corrected chi connectivity index (χ0v) is 15.8. The summed E-state index contributed by atoms with van der Waals surface area (Å²) in [5.74, 6) is 1.13. The maximum Gasteiger partial charge on any atom is 0.220 e. The average Bonchev–Trinajstić information content (AvgIpc) is 2.96. The number of aromatic nitrogens is 1. The number of pyridine rings is 1. The molecule has 6 heteroatoms. The summed E-state index contributed by atoms with van der Waals surface area (Å²) in [6.07, 6.45) is 4.58. The summed E-state index contributed by atoms with van der Waals surface area (Å²) in [5, 5.41) is 6.52. The van der Waals surface area contributed by atoms with E-state index in [-0.39, 0.29) is 36.8 Å². The van der Waals surface area contributed by atoms with E-state index in [9.17, 15) is 4.79 Å². The van der Waals surface area contributed by atoms with Crippen molar-refractivity contribution in [1.29, 1.82) is 0 Å². The first-order chi connectivity index (χ1) is 10.1. The molecule has 0 spiro atoms. The van der Waals surface area contributed by atoms with Crippen LogP contribution in [0, 0.1) is 18.8 Å². The van der Waals surface area contributed by atoms with Gasteiger partial charge in [0.15, 0.2) is 0 Å². The number of rotatable bonds is 6. The van der Waals surface area contributed by atoms with Gasteiger partial charge in [-0.3, -0.25) is 9.78 Å². The van der Waals surface area contributed by atoms with Crippen LogP contribution in [0.4, 0.5) is 0 Å². The number of carbonyl (C=O) groups is 1. The fourth-order valence-corrected chi connectivity index (χ4v) is 2.92. The lowest BCUT2D eigenvalue weighted by molar-refractivity contribution is -0.122. The van der Waals surface area contributed by atoms with Crippen LogP contribution in [0.2, 0.25) is 0 Å². The normalized spacial score (nSPS) is 18.0. The molecule has 4 nitrogen and oxygen atoms in total. The molecule has 0 bridgehead atoms. The van der Waals surface area contributed by atoms with Crippen LogP contribution in [0.25, 0.3) is 0 Å². The van der Waals surface area contributed by atoms with E-state index in [1.807, 2.05) is 19.1 Å². The van der Waals surface area contributed by atoms with Crippen molar-refractivity contribution in [1.82, 2.24) is 15.6 Å². The maximum absolute atomic E-state index is 12.2. The lowest BCUT2D eigenvalue weighted by Crippen LogP contribution is -2.33. The van der Waals surface area contributed by atoms with Crippen LogP contribution in [0.1, 0.15) is 50.4 Å². The minimum Gasteiger partial charge on any atom is -0.347 e. The molecule has 2 heterocycles. The van der Waals surface area contributed by atoms with Crippen molar-refractivity contribution in [3.63, 3.8) is 0 Å². The Balaban J connectivity index is 0.00000242. The van der Waals surface area contributed by atoms with E-state index in [4.69, 9.17) is 0 Å². The third-order valence-electron chi connectivity index (χ3n) is 4.27. The fourth-order valence-electron chi connectivity index (χ4n) is 2.92. The number of nitrogens with one attached hydrogen (secondary N) is 2. The van der Waals surface area contributed by atoms with Gasteiger partial charge in [-0.1, -0.05) is 19.9 Å². The van der Waals surface area contributed by atoms with Gasteiger partial charge in [0.2, 0.25) is 5.91 Å². The summed E-state index contributed by atoms with van der Waals surface area (Å²) in [6.45, 7) is 8.45. The predicted octanol–water partition coefficient (Wildman–Crippen LogP) is 3.44. The molecule has 1 aromatic rings. The van der Waals surface area contributed by atoms with Crippen LogP contribution in [-0.4, -0.2) is 24.0 Å². The highest BCUT2D eigenvalue weighted by atomic mass is 35.5. The summed E-state index contributed by atoms with van der Waals surface area (Å²) in [5.41, 5.74) is 2.12. The lowest BCUT2D eigenvalue weighted by Gasteiger charge is -2.23.